The highest BCUT2D eigenvalue weighted by atomic mass is 16.5. The molecule has 0 atom stereocenters. The van der Waals surface area contributed by atoms with Crippen LogP contribution >= 0.6 is 0 Å². The number of aromatic nitrogens is 1. The third kappa shape index (κ3) is 1.13. The van der Waals surface area contributed by atoms with Crippen molar-refractivity contribution in [1.82, 2.24) is 4.73 Å². The van der Waals surface area contributed by atoms with Crippen LogP contribution in [0.4, 0.5) is 0 Å². The van der Waals surface area contributed by atoms with Gasteiger partial charge in [-0.3, -0.25) is 0 Å². The normalized spacial score (nSPS) is 10.8. The minimum Gasteiger partial charge on any atom is -0.428 e. The van der Waals surface area contributed by atoms with Gasteiger partial charge in [0.1, 0.15) is 0 Å². The highest BCUT2D eigenvalue weighted by Crippen LogP contribution is 2.00. The molecule has 0 amide bonds. The van der Waals surface area contributed by atoms with Gasteiger partial charge < -0.3 is 5.21 Å². The van der Waals surface area contributed by atoms with Crippen LogP contribution < -0.4 is 0 Å². The topological polar surface area (TPSA) is 25.2 Å². The van der Waals surface area contributed by atoms with Gasteiger partial charge in [-0.2, -0.15) is 4.73 Å². The van der Waals surface area contributed by atoms with Gasteiger partial charge in [0.25, 0.3) is 0 Å². The molecule has 0 saturated carbocycles. The Hall–Kier alpha value is -1.18. The lowest BCUT2D eigenvalue weighted by Crippen LogP contribution is -1.88. The largest absolute Gasteiger partial charge is 0.428 e. The Morgan fingerprint density at radius 2 is 2.44 bits per heavy atom. The summed E-state index contributed by atoms with van der Waals surface area (Å²) in [6.45, 7) is 1.91. The maximum Gasteiger partial charge on any atom is 0.0789 e. The van der Waals surface area contributed by atoms with Crippen LogP contribution in [0.5, 0.6) is 0 Å². The predicted octanol–water partition coefficient (Wildman–Crippen LogP) is 1.76. The van der Waals surface area contributed by atoms with Gasteiger partial charge in [-0.05, 0) is 25.1 Å². The van der Waals surface area contributed by atoms with Gasteiger partial charge in [-0.1, -0.05) is 6.08 Å². The Labute approximate surface area is 54.0 Å². The van der Waals surface area contributed by atoms with E-state index in [2.05, 4.69) is 0 Å². The first-order valence-corrected chi connectivity index (χ1v) is 2.84. The van der Waals surface area contributed by atoms with Gasteiger partial charge in [-0.15, -0.1) is 0 Å². The number of allylic oxidation sites excluding steroid dienone is 1. The minimum atomic E-state index is 0.803. The zero-order valence-corrected chi connectivity index (χ0v) is 5.28. The summed E-state index contributed by atoms with van der Waals surface area (Å²) in [5.74, 6) is 0. The van der Waals surface area contributed by atoms with E-state index in [9.17, 15) is 0 Å². The summed E-state index contributed by atoms with van der Waals surface area (Å²) in [5, 5.41) is 8.95. The minimum absolute atomic E-state index is 0.803. The van der Waals surface area contributed by atoms with E-state index in [0.717, 1.165) is 10.4 Å². The Morgan fingerprint density at radius 1 is 1.67 bits per heavy atom. The maximum atomic E-state index is 8.95. The summed E-state index contributed by atoms with van der Waals surface area (Å²) in [4.78, 5) is 0. The van der Waals surface area contributed by atoms with Crippen molar-refractivity contribution in [3.8, 4) is 0 Å². The van der Waals surface area contributed by atoms with E-state index in [1.54, 1.807) is 12.3 Å². The van der Waals surface area contributed by atoms with Crippen LogP contribution in [0, 0.1) is 0 Å². The zero-order chi connectivity index (χ0) is 6.69. The first-order chi connectivity index (χ1) is 4.34. The van der Waals surface area contributed by atoms with Crippen LogP contribution in [0.2, 0.25) is 0 Å². The standard InChI is InChI=1S/C7H9NO/c1-2-4-7-5-3-6-8(7)9/h2-6,9H,1H3/b4-2+. The van der Waals surface area contributed by atoms with Gasteiger partial charge in [0.05, 0.1) is 5.69 Å². The molecule has 2 nitrogen and oxygen atoms in total. The molecule has 2 heteroatoms. The fourth-order valence-electron chi connectivity index (χ4n) is 0.688. The van der Waals surface area contributed by atoms with Crippen LogP contribution in [0.1, 0.15) is 12.6 Å². The van der Waals surface area contributed by atoms with E-state index < -0.39 is 0 Å². The summed E-state index contributed by atoms with van der Waals surface area (Å²) in [6.07, 6.45) is 5.30. The molecule has 48 valence electrons. The molecule has 0 radical (unpaired) electrons. The fraction of sp³-hybridized carbons (Fsp3) is 0.143. The van der Waals surface area contributed by atoms with E-state index in [0.29, 0.717) is 0 Å². The summed E-state index contributed by atoms with van der Waals surface area (Å²) < 4.78 is 1.08. The molecule has 0 aliphatic rings. The molecule has 0 saturated heterocycles. The molecule has 0 aromatic carbocycles. The lowest BCUT2D eigenvalue weighted by atomic mass is 10.4. The summed E-state index contributed by atoms with van der Waals surface area (Å²) in [7, 11) is 0. The SMILES string of the molecule is C/C=C/c1cccn1O. The van der Waals surface area contributed by atoms with Gasteiger partial charge in [0.15, 0.2) is 0 Å². The highest BCUT2D eigenvalue weighted by Gasteiger charge is 1.89. The van der Waals surface area contributed by atoms with Gasteiger partial charge in [0.2, 0.25) is 0 Å². The van der Waals surface area contributed by atoms with Crippen molar-refractivity contribution in [2.75, 3.05) is 0 Å². The van der Waals surface area contributed by atoms with Crippen molar-refractivity contribution in [3.63, 3.8) is 0 Å². The van der Waals surface area contributed by atoms with Crippen molar-refractivity contribution in [3.05, 3.63) is 30.1 Å². The van der Waals surface area contributed by atoms with E-state index in [4.69, 9.17) is 5.21 Å². The molecule has 0 aliphatic heterocycles. The molecule has 1 heterocycles. The summed E-state index contributed by atoms with van der Waals surface area (Å²) in [5.41, 5.74) is 0.803. The Kier molecular flexibility index (Phi) is 1.58. The number of hydrogen-bond donors (Lipinski definition) is 1. The van der Waals surface area contributed by atoms with Crippen molar-refractivity contribution in [2.45, 2.75) is 6.92 Å². The highest BCUT2D eigenvalue weighted by molar-refractivity contribution is 5.44. The molecule has 0 spiro atoms. The second-order valence-corrected chi connectivity index (χ2v) is 1.78. The molecule has 0 fully saturated rings. The first kappa shape index (κ1) is 5.95. The Morgan fingerprint density at radius 3 is 2.89 bits per heavy atom. The summed E-state index contributed by atoms with van der Waals surface area (Å²) in [6, 6.07) is 3.62. The molecule has 0 aliphatic carbocycles. The van der Waals surface area contributed by atoms with Crippen LogP contribution in [-0.2, 0) is 0 Å². The fourth-order valence-corrected chi connectivity index (χ4v) is 0.688. The number of nitrogens with zero attached hydrogens (tertiary/aromatic N) is 1. The van der Waals surface area contributed by atoms with E-state index in [1.807, 2.05) is 25.1 Å². The lowest BCUT2D eigenvalue weighted by Gasteiger charge is -1.91. The Balaban J connectivity index is 2.94. The Bertz CT molecular complexity index is 212. The molecular formula is C7H9NO. The van der Waals surface area contributed by atoms with Crippen molar-refractivity contribution >= 4 is 6.08 Å². The van der Waals surface area contributed by atoms with E-state index >= 15 is 0 Å². The second-order valence-electron chi connectivity index (χ2n) is 1.78. The van der Waals surface area contributed by atoms with Gasteiger partial charge in [-0.25, -0.2) is 0 Å². The lowest BCUT2D eigenvalue weighted by molar-refractivity contribution is 0.185. The molecule has 1 aromatic heterocycles. The average molecular weight is 123 g/mol. The molecule has 1 N–H and O–H groups in total. The summed E-state index contributed by atoms with van der Waals surface area (Å²) >= 11 is 0. The molecule has 1 rings (SSSR count). The van der Waals surface area contributed by atoms with E-state index in [-0.39, 0.29) is 0 Å². The van der Waals surface area contributed by atoms with Crippen molar-refractivity contribution < 1.29 is 5.21 Å². The quantitative estimate of drug-likeness (QED) is 0.565. The average Bonchev–Trinajstić information content (AvgIpc) is 2.18. The zero-order valence-electron chi connectivity index (χ0n) is 5.28. The van der Waals surface area contributed by atoms with Crippen LogP contribution in [0.25, 0.3) is 6.08 Å². The first-order valence-electron chi connectivity index (χ1n) is 2.84. The molecule has 0 unspecified atom stereocenters. The van der Waals surface area contributed by atoms with Gasteiger partial charge in [0, 0.05) is 6.20 Å². The molecule has 0 bridgehead atoms. The molecular weight excluding hydrogens is 114 g/mol. The maximum absolute atomic E-state index is 8.95. The third-order valence-corrected chi connectivity index (χ3v) is 1.10. The number of rotatable bonds is 1. The predicted molar refractivity (Wildman–Crippen MR) is 36.3 cm³/mol. The smallest absolute Gasteiger partial charge is 0.0789 e. The monoisotopic (exact) mass is 123 g/mol. The molecule has 9 heavy (non-hydrogen) atoms. The van der Waals surface area contributed by atoms with Crippen LogP contribution in [-0.4, -0.2) is 9.94 Å². The second kappa shape index (κ2) is 2.40. The third-order valence-electron chi connectivity index (χ3n) is 1.10. The van der Waals surface area contributed by atoms with Gasteiger partial charge >= 0.3 is 0 Å². The van der Waals surface area contributed by atoms with Crippen molar-refractivity contribution in [1.29, 1.82) is 0 Å². The van der Waals surface area contributed by atoms with Crippen LogP contribution in [0.3, 0.4) is 0 Å². The van der Waals surface area contributed by atoms with Crippen LogP contribution in [0.15, 0.2) is 24.4 Å². The number of hydrogen-bond acceptors (Lipinski definition) is 1. The van der Waals surface area contributed by atoms with E-state index in [1.165, 1.54) is 0 Å². The van der Waals surface area contributed by atoms with Crippen molar-refractivity contribution in [2.24, 2.45) is 0 Å². The molecule has 1 aromatic rings.